The summed E-state index contributed by atoms with van der Waals surface area (Å²) < 4.78 is 4.84. The van der Waals surface area contributed by atoms with Crippen LogP contribution in [0, 0.1) is 0 Å². The molecule has 1 aliphatic rings. The molecule has 0 spiro atoms. The Labute approximate surface area is 59.3 Å². The van der Waals surface area contributed by atoms with Crippen molar-refractivity contribution in [3.05, 3.63) is 12.2 Å². The van der Waals surface area contributed by atoms with Gasteiger partial charge in [-0.3, -0.25) is 0 Å². The van der Waals surface area contributed by atoms with E-state index in [1.807, 2.05) is 0 Å². The molecule has 10 heavy (non-hydrogen) atoms. The summed E-state index contributed by atoms with van der Waals surface area (Å²) in [5.41, 5.74) is 0. The highest BCUT2D eigenvalue weighted by molar-refractivity contribution is 5.82. The summed E-state index contributed by atoms with van der Waals surface area (Å²) >= 11 is 0. The number of esters is 1. The van der Waals surface area contributed by atoms with Gasteiger partial charge in [-0.25, -0.2) is 4.79 Å². The molecule has 1 heterocycles. The van der Waals surface area contributed by atoms with Gasteiger partial charge in [-0.1, -0.05) is 6.08 Å². The van der Waals surface area contributed by atoms with Gasteiger partial charge in [0.2, 0.25) is 0 Å². The van der Waals surface area contributed by atoms with E-state index in [9.17, 15) is 4.79 Å². The van der Waals surface area contributed by atoms with Crippen LogP contribution in [0.3, 0.4) is 0 Å². The zero-order chi connectivity index (χ0) is 7.40. The summed E-state index contributed by atoms with van der Waals surface area (Å²) in [5, 5.41) is 8.49. The fourth-order valence-corrected chi connectivity index (χ4v) is 0.888. The second kappa shape index (κ2) is 3.37. The standard InChI is InChI=1S/C7H10O3/c8-5-4-6-2-1-3-7(9)10-6/h1,3,6,8H,2,4-5H2/t6-/m0/s1. The minimum absolute atomic E-state index is 0.0752. The van der Waals surface area contributed by atoms with Crippen molar-refractivity contribution < 1.29 is 14.6 Å². The number of aliphatic hydroxyl groups excluding tert-OH is 1. The molecule has 0 aromatic rings. The third-order valence-electron chi connectivity index (χ3n) is 1.39. The number of hydrogen-bond donors (Lipinski definition) is 1. The van der Waals surface area contributed by atoms with Crippen LogP contribution in [0.15, 0.2) is 12.2 Å². The van der Waals surface area contributed by atoms with Gasteiger partial charge in [0.05, 0.1) is 0 Å². The monoisotopic (exact) mass is 142 g/mol. The molecule has 3 heteroatoms. The molecule has 1 N–H and O–H groups in total. The predicted octanol–water partition coefficient (Wildman–Crippen LogP) is 0.240. The van der Waals surface area contributed by atoms with Crippen molar-refractivity contribution in [1.82, 2.24) is 0 Å². The molecule has 0 radical (unpaired) electrons. The highest BCUT2D eigenvalue weighted by Gasteiger charge is 2.14. The van der Waals surface area contributed by atoms with E-state index in [1.165, 1.54) is 6.08 Å². The Morgan fingerprint density at radius 2 is 2.60 bits per heavy atom. The predicted molar refractivity (Wildman–Crippen MR) is 35.3 cm³/mol. The Kier molecular flexibility index (Phi) is 2.45. The molecule has 1 rings (SSSR count). The van der Waals surface area contributed by atoms with Crippen LogP contribution >= 0.6 is 0 Å². The quantitative estimate of drug-likeness (QED) is 0.562. The summed E-state index contributed by atoms with van der Waals surface area (Å²) in [6, 6.07) is 0. The third-order valence-corrected chi connectivity index (χ3v) is 1.39. The molecule has 56 valence electrons. The van der Waals surface area contributed by atoms with E-state index in [4.69, 9.17) is 9.84 Å². The average molecular weight is 142 g/mol. The van der Waals surface area contributed by atoms with Crippen LogP contribution in [-0.2, 0) is 9.53 Å². The minimum atomic E-state index is -0.301. The van der Waals surface area contributed by atoms with Crippen molar-refractivity contribution in [3.63, 3.8) is 0 Å². The molecular weight excluding hydrogens is 132 g/mol. The Morgan fingerprint density at radius 1 is 1.80 bits per heavy atom. The molecular formula is C7H10O3. The van der Waals surface area contributed by atoms with Crippen molar-refractivity contribution in [2.75, 3.05) is 6.61 Å². The van der Waals surface area contributed by atoms with Crippen LogP contribution in [-0.4, -0.2) is 23.8 Å². The van der Waals surface area contributed by atoms with Gasteiger partial charge in [0.1, 0.15) is 6.10 Å². The fourth-order valence-electron chi connectivity index (χ4n) is 0.888. The third kappa shape index (κ3) is 1.84. The van der Waals surface area contributed by atoms with Crippen molar-refractivity contribution in [2.24, 2.45) is 0 Å². The molecule has 0 saturated carbocycles. The number of ether oxygens (including phenoxy) is 1. The fraction of sp³-hybridized carbons (Fsp3) is 0.571. The second-order valence-corrected chi connectivity index (χ2v) is 2.21. The van der Waals surface area contributed by atoms with Crippen LogP contribution in [0.2, 0.25) is 0 Å². The Balaban J connectivity index is 2.36. The summed E-state index contributed by atoms with van der Waals surface area (Å²) in [6.07, 6.45) is 4.34. The number of cyclic esters (lactones) is 1. The first-order valence-electron chi connectivity index (χ1n) is 3.31. The van der Waals surface area contributed by atoms with Crippen LogP contribution in [0.25, 0.3) is 0 Å². The number of carbonyl (C=O) groups is 1. The number of aliphatic hydroxyl groups is 1. The van der Waals surface area contributed by atoms with E-state index in [-0.39, 0.29) is 18.7 Å². The smallest absolute Gasteiger partial charge is 0.330 e. The van der Waals surface area contributed by atoms with Crippen LogP contribution in [0.1, 0.15) is 12.8 Å². The molecule has 1 atom stereocenters. The number of rotatable bonds is 2. The Morgan fingerprint density at radius 3 is 3.20 bits per heavy atom. The summed E-state index contributed by atoms with van der Waals surface area (Å²) in [6.45, 7) is 0.0752. The topological polar surface area (TPSA) is 46.5 Å². The second-order valence-electron chi connectivity index (χ2n) is 2.21. The van der Waals surface area contributed by atoms with E-state index < -0.39 is 0 Å². The van der Waals surface area contributed by atoms with Gasteiger partial charge in [0.15, 0.2) is 0 Å². The van der Waals surface area contributed by atoms with E-state index in [1.54, 1.807) is 6.08 Å². The molecule has 0 fully saturated rings. The highest BCUT2D eigenvalue weighted by atomic mass is 16.5. The zero-order valence-electron chi connectivity index (χ0n) is 5.62. The molecule has 3 nitrogen and oxygen atoms in total. The SMILES string of the molecule is O=C1C=CC[C@@H](CCO)O1. The van der Waals surface area contributed by atoms with Crippen LogP contribution in [0.4, 0.5) is 0 Å². The largest absolute Gasteiger partial charge is 0.459 e. The lowest BCUT2D eigenvalue weighted by Gasteiger charge is -2.16. The van der Waals surface area contributed by atoms with Gasteiger partial charge in [-0.05, 0) is 0 Å². The van der Waals surface area contributed by atoms with Crippen LogP contribution in [0.5, 0.6) is 0 Å². The number of carbonyl (C=O) groups excluding carboxylic acids is 1. The van der Waals surface area contributed by atoms with Crippen molar-refractivity contribution in [1.29, 1.82) is 0 Å². The maximum absolute atomic E-state index is 10.6. The minimum Gasteiger partial charge on any atom is -0.459 e. The lowest BCUT2D eigenvalue weighted by Crippen LogP contribution is -2.20. The average Bonchev–Trinajstić information content (AvgIpc) is 1.88. The molecule has 1 aliphatic heterocycles. The van der Waals surface area contributed by atoms with E-state index in [0.29, 0.717) is 6.42 Å². The van der Waals surface area contributed by atoms with E-state index >= 15 is 0 Å². The summed E-state index contributed by atoms with van der Waals surface area (Å²) in [7, 11) is 0. The van der Waals surface area contributed by atoms with Gasteiger partial charge in [0, 0.05) is 25.5 Å². The lowest BCUT2D eigenvalue weighted by atomic mass is 10.1. The maximum Gasteiger partial charge on any atom is 0.330 e. The molecule has 0 amide bonds. The Hall–Kier alpha value is -0.830. The molecule has 0 aromatic heterocycles. The van der Waals surface area contributed by atoms with Gasteiger partial charge >= 0.3 is 5.97 Å². The molecule has 0 saturated heterocycles. The van der Waals surface area contributed by atoms with Crippen molar-refractivity contribution in [2.45, 2.75) is 18.9 Å². The molecule has 0 bridgehead atoms. The van der Waals surface area contributed by atoms with Crippen molar-refractivity contribution >= 4 is 5.97 Å². The summed E-state index contributed by atoms with van der Waals surface area (Å²) in [4.78, 5) is 10.6. The lowest BCUT2D eigenvalue weighted by molar-refractivity contribution is -0.144. The number of hydrogen-bond acceptors (Lipinski definition) is 3. The highest BCUT2D eigenvalue weighted by Crippen LogP contribution is 2.09. The van der Waals surface area contributed by atoms with E-state index in [2.05, 4.69) is 0 Å². The van der Waals surface area contributed by atoms with Gasteiger partial charge in [-0.15, -0.1) is 0 Å². The van der Waals surface area contributed by atoms with Gasteiger partial charge in [0.25, 0.3) is 0 Å². The summed E-state index contributed by atoms with van der Waals surface area (Å²) in [5.74, 6) is -0.301. The maximum atomic E-state index is 10.6. The molecule has 0 aromatic carbocycles. The van der Waals surface area contributed by atoms with Gasteiger partial charge in [-0.2, -0.15) is 0 Å². The first-order chi connectivity index (χ1) is 4.83. The van der Waals surface area contributed by atoms with Crippen LogP contribution < -0.4 is 0 Å². The first kappa shape index (κ1) is 7.28. The van der Waals surface area contributed by atoms with Crippen molar-refractivity contribution in [3.8, 4) is 0 Å². The van der Waals surface area contributed by atoms with E-state index in [0.717, 1.165) is 6.42 Å². The Bertz CT molecular complexity index is 151. The normalized spacial score (nSPS) is 24.5. The van der Waals surface area contributed by atoms with Gasteiger partial charge < -0.3 is 9.84 Å². The zero-order valence-corrected chi connectivity index (χ0v) is 5.62. The first-order valence-corrected chi connectivity index (χ1v) is 3.31. The molecule has 0 unspecified atom stereocenters. The molecule has 0 aliphatic carbocycles.